The maximum atomic E-state index is 12.0. The van der Waals surface area contributed by atoms with E-state index in [1.807, 2.05) is 30.3 Å². The van der Waals surface area contributed by atoms with E-state index in [-0.39, 0.29) is 5.97 Å². The number of carbonyl (C=O) groups excluding carboxylic acids is 1. The zero-order chi connectivity index (χ0) is 15.8. The van der Waals surface area contributed by atoms with Crippen molar-refractivity contribution in [2.24, 2.45) is 11.7 Å². The second-order valence-electron chi connectivity index (χ2n) is 5.80. The number of piperidine rings is 1. The minimum Gasteiger partial charge on any atom is -0.464 e. The normalized spacial score (nSPS) is 18.1. The third kappa shape index (κ3) is 5.09. The first-order valence-corrected chi connectivity index (χ1v) is 7.89. The van der Waals surface area contributed by atoms with Crippen molar-refractivity contribution >= 4 is 5.97 Å². The maximum Gasteiger partial charge on any atom is 0.327 e. The molecule has 0 aromatic heterocycles. The fourth-order valence-electron chi connectivity index (χ4n) is 2.68. The van der Waals surface area contributed by atoms with E-state index in [1.54, 1.807) is 7.11 Å². The zero-order valence-electron chi connectivity index (χ0n) is 13.2. The number of nitrogens with two attached hydrogens (primary N) is 1. The summed E-state index contributed by atoms with van der Waals surface area (Å²) in [6.07, 6.45) is 2.11. The smallest absolute Gasteiger partial charge is 0.327 e. The van der Waals surface area contributed by atoms with Gasteiger partial charge in [0.15, 0.2) is 0 Å². The topological polar surface area (TPSA) is 64.8 Å². The van der Waals surface area contributed by atoms with Gasteiger partial charge >= 0.3 is 5.97 Å². The van der Waals surface area contributed by atoms with E-state index >= 15 is 0 Å². The van der Waals surface area contributed by atoms with Gasteiger partial charge in [-0.3, -0.25) is 0 Å². The van der Waals surface area contributed by atoms with E-state index in [1.165, 1.54) is 0 Å². The molecule has 1 fully saturated rings. The molecule has 0 spiro atoms. The summed E-state index contributed by atoms with van der Waals surface area (Å²) in [5.74, 6) is 0.0960. The van der Waals surface area contributed by atoms with Gasteiger partial charge in [0.25, 0.3) is 0 Å². The van der Waals surface area contributed by atoms with E-state index in [9.17, 15) is 4.79 Å². The van der Waals surface area contributed by atoms with E-state index < -0.39 is 6.04 Å². The predicted molar refractivity (Wildman–Crippen MR) is 85.4 cm³/mol. The number of esters is 1. The molecule has 1 atom stereocenters. The van der Waals surface area contributed by atoms with Crippen LogP contribution in [0.3, 0.4) is 0 Å². The second-order valence-corrected chi connectivity index (χ2v) is 5.80. The van der Waals surface area contributed by atoms with Crippen LogP contribution in [0, 0.1) is 5.92 Å². The average molecular weight is 306 g/mol. The monoisotopic (exact) mass is 306 g/mol. The van der Waals surface area contributed by atoms with Crippen LogP contribution < -0.4 is 5.73 Å². The first-order valence-electron chi connectivity index (χ1n) is 7.89. The Bertz CT molecular complexity index is 444. The molecule has 1 heterocycles. The van der Waals surface area contributed by atoms with Gasteiger partial charge in [-0.15, -0.1) is 0 Å². The Morgan fingerprint density at radius 2 is 2.00 bits per heavy atom. The van der Waals surface area contributed by atoms with Crippen LogP contribution in [0.15, 0.2) is 30.3 Å². The summed E-state index contributed by atoms with van der Waals surface area (Å²) >= 11 is 0. The first-order chi connectivity index (χ1) is 10.7. The van der Waals surface area contributed by atoms with Gasteiger partial charge in [0, 0.05) is 13.7 Å². The number of likely N-dealkylation sites (tertiary alicyclic amines) is 1. The Morgan fingerprint density at radius 3 is 2.64 bits per heavy atom. The summed E-state index contributed by atoms with van der Waals surface area (Å²) < 4.78 is 10.5. The highest BCUT2D eigenvalue weighted by molar-refractivity contribution is 5.77. The van der Waals surface area contributed by atoms with Crippen molar-refractivity contribution in [2.45, 2.75) is 18.9 Å². The van der Waals surface area contributed by atoms with Crippen molar-refractivity contribution in [3.05, 3.63) is 35.9 Å². The zero-order valence-corrected chi connectivity index (χ0v) is 13.2. The minimum absolute atomic E-state index is 0.340. The van der Waals surface area contributed by atoms with Crippen molar-refractivity contribution in [3.63, 3.8) is 0 Å². The van der Waals surface area contributed by atoms with Crippen molar-refractivity contribution in [3.8, 4) is 0 Å². The number of ether oxygens (including phenoxy) is 2. The summed E-state index contributed by atoms with van der Waals surface area (Å²) in [5.41, 5.74) is 6.73. The summed E-state index contributed by atoms with van der Waals surface area (Å²) in [6, 6.07) is 8.65. The molecule has 1 unspecified atom stereocenters. The summed E-state index contributed by atoms with van der Waals surface area (Å²) in [5, 5.41) is 0. The molecule has 22 heavy (non-hydrogen) atoms. The highest BCUT2D eigenvalue weighted by Crippen LogP contribution is 2.18. The van der Waals surface area contributed by atoms with Crippen molar-refractivity contribution < 1.29 is 14.3 Å². The molecule has 2 rings (SSSR count). The molecule has 5 nitrogen and oxygen atoms in total. The summed E-state index contributed by atoms with van der Waals surface area (Å²) in [7, 11) is 1.72. The Hall–Kier alpha value is -1.43. The van der Waals surface area contributed by atoms with Crippen LogP contribution in [-0.4, -0.2) is 50.8 Å². The molecule has 1 aliphatic rings. The Labute approximate surface area is 132 Å². The SMILES string of the molecule is COCCN1CCC(COC(=O)C(N)c2ccccc2)CC1. The van der Waals surface area contributed by atoms with Crippen molar-refractivity contribution in [2.75, 3.05) is 40.0 Å². The number of methoxy groups -OCH3 is 1. The number of hydrogen-bond acceptors (Lipinski definition) is 5. The molecular weight excluding hydrogens is 280 g/mol. The van der Waals surface area contributed by atoms with Crippen LogP contribution in [0.4, 0.5) is 0 Å². The van der Waals surface area contributed by atoms with E-state index in [0.29, 0.717) is 12.5 Å². The largest absolute Gasteiger partial charge is 0.464 e. The van der Waals surface area contributed by atoms with Gasteiger partial charge in [0.05, 0.1) is 13.2 Å². The third-order valence-corrected chi connectivity index (χ3v) is 4.19. The molecule has 1 aromatic rings. The molecule has 0 radical (unpaired) electrons. The van der Waals surface area contributed by atoms with Crippen LogP contribution in [0.5, 0.6) is 0 Å². The lowest BCUT2D eigenvalue weighted by molar-refractivity contribution is -0.147. The Kier molecular flexibility index (Phi) is 6.83. The van der Waals surface area contributed by atoms with Crippen LogP contribution in [0.1, 0.15) is 24.4 Å². The fraction of sp³-hybridized carbons (Fsp3) is 0.588. The highest BCUT2D eigenvalue weighted by Gasteiger charge is 2.22. The van der Waals surface area contributed by atoms with Crippen molar-refractivity contribution in [1.82, 2.24) is 4.90 Å². The van der Waals surface area contributed by atoms with Gasteiger partial charge in [0.1, 0.15) is 6.04 Å². The van der Waals surface area contributed by atoms with Gasteiger partial charge in [-0.05, 0) is 37.4 Å². The Morgan fingerprint density at radius 1 is 1.32 bits per heavy atom. The average Bonchev–Trinajstić information content (AvgIpc) is 2.58. The molecule has 2 N–H and O–H groups in total. The number of rotatable bonds is 7. The second kappa shape index (κ2) is 8.88. The van der Waals surface area contributed by atoms with Gasteiger partial charge in [-0.2, -0.15) is 0 Å². The van der Waals surface area contributed by atoms with Gasteiger partial charge < -0.3 is 20.1 Å². The standard InChI is InChI=1S/C17H26N2O3/c1-21-12-11-19-9-7-14(8-10-19)13-22-17(20)16(18)15-5-3-2-4-6-15/h2-6,14,16H,7-13,18H2,1H3. The fourth-order valence-corrected chi connectivity index (χ4v) is 2.68. The highest BCUT2D eigenvalue weighted by atomic mass is 16.5. The van der Waals surface area contributed by atoms with Gasteiger partial charge in [0.2, 0.25) is 0 Å². The summed E-state index contributed by atoms with van der Waals surface area (Å²) in [6.45, 7) is 4.29. The van der Waals surface area contributed by atoms with Crippen molar-refractivity contribution in [1.29, 1.82) is 0 Å². The molecular formula is C17H26N2O3. The number of benzene rings is 1. The molecule has 0 saturated carbocycles. The third-order valence-electron chi connectivity index (χ3n) is 4.19. The maximum absolute atomic E-state index is 12.0. The minimum atomic E-state index is -0.692. The van der Waals surface area contributed by atoms with E-state index in [4.69, 9.17) is 15.2 Å². The van der Waals surface area contributed by atoms with Crippen LogP contribution in [-0.2, 0) is 14.3 Å². The molecule has 1 aliphatic heterocycles. The molecule has 1 aromatic carbocycles. The summed E-state index contributed by atoms with van der Waals surface area (Å²) in [4.78, 5) is 14.4. The lowest BCUT2D eigenvalue weighted by Gasteiger charge is -2.31. The number of carbonyl (C=O) groups is 1. The van der Waals surface area contributed by atoms with Gasteiger partial charge in [-0.25, -0.2) is 4.79 Å². The number of hydrogen-bond donors (Lipinski definition) is 1. The molecule has 0 bridgehead atoms. The van der Waals surface area contributed by atoms with Crippen LogP contribution in [0.2, 0.25) is 0 Å². The van der Waals surface area contributed by atoms with Crippen LogP contribution in [0.25, 0.3) is 0 Å². The van der Waals surface area contributed by atoms with Gasteiger partial charge in [-0.1, -0.05) is 30.3 Å². The molecule has 5 heteroatoms. The quantitative estimate of drug-likeness (QED) is 0.775. The van der Waals surface area contributed by atoms with E-state index in [2.05, 4.69) is 4.90 Å². The first kappa shape index (κ1) is 16.9. The van der Waals surface area contributed by atoms with Crippen LogP contribution >= 0.6 is 0 Å². The molecule has 0 amide bonds. The lowest BCUT2D eigenvalue weighted by Crippen LogP contribution is -2.37. The molecule has 1 saturated heterocycles. The molecule has 0 aliphatic carbocycles. The number of nitrogens with zero attached hydrogens (tertiary/aromatic N) is 1. The lowest BCUT2D eigenvalue weighted by atomic mass is 9.98. The molecule has 122 valence electrons. The van der Waals surface area contributed by atoms with E-state index in [0.717, 1.165) is 44.6 Å². The Balaban J connectivity index is 1.69. The predicted octanol–water partition coefficient (Wildman–Crippen LogP) is 1.59.